The van der Waals surface area contributed by atoms with Crippen LogP contribution in [-0.4, -0.2) is 26.7 Å². The number of aromatic nitrogens is 3. The van der Waals surface area contributed by atoms with Crippen LogP contribution >= 0.6 is 11.3 Å². The predicted octanol–water partition coefficient (Wildman–Crippen LogP) is 3.19. The molecular weight excluding hydrogens is 356 g/mol. The first-order chi connectivity index (χ1) is 13.3. The lowest BCUT2D eigenvalue weighted by molar-refractivity contribution is -0.121. The SMILES string of the molecule is O=C(Cc1cccs1)NC1CCc2nnc(CCc3ccccc3)n2CC1. The second kappa shape index (κ2) is 8.48. The van der Waals surface area contributed by atoms with Gasteiger partial charge in [0.1, 0.15) is 11.6 Å². The van der Waals surface area contributed by atoms with Gasteiger partial charge in [0.15, 0.2) is 0 Å². The van der Waals surface area contributed by atoms with E-state index in [4.69, 9.17) is 0 Å². The highest BCUT2D eigenvalue weighted by atomic mass is 32.1. The van der Waals surface area contributed by atoms with E-state index in [0.717, 1.165) is 55.2 Å². The minimum Gasteiger partial charge on any atom is -0.353 e. The van der Waals surface area contributed by atoms with Crippen LogP contribution in [-0.2, 0) is 37.0 Å². The molecule has 1 aliphatic heterocycles. The Morgan fingerprint density at radius 1 is 1.11 bits per heavy atom. The number of fused-ring (bicyclic) bond motifs is 1. The topological polar surface area (TPSA) is 59.8 Å². The Morgan fingerprint density at radius 2 is 2.00 bits per heavy atom. The molecule has 1 aliphatic rings. The lowest BCUT2D eigenvalue weighted by atomic mass is 10.1. The maximum absolute atomic E-state index is 12.3. The molecule has 6 heteroatoms. The van der Waals surface area contributed by atoms with Crippen molar-refractivity contribution >= 4 is 17.2 Å². The summed E-state index contributed by atoms with van der Waals surface area (Å²) in [4.78, 5) is 13.4. The van der Waals surface area contributed by atoms with Gasteiger partial charge >= 0.3 is 0 Å². The second-order valence-corrected chi connectivity index (χ2v) is 8.05. The van der Waals surface area contributed by atoms with Gasteiger partial charge in [0.05, 0.1) is 6.42 Å². The van der Waals surface area contributed by atoms with Gasteiger partial charge in [0.25, 0.3) is 0 Å². The molecular formula is C21H24N4OS. The molecule has 0 aliphatic carbocycles. The lowest BCUT2D eigenvalue weighted by Gasteiger charge is -2.16. The summed E-state index contributed by atoms with van der Waals surface area (Å²) >= 11 is 1.63. The zero-order valence-corrected chi connectivity index (χ0v) is 16.1. The molecule has 27 heavy (non-hydrogen) atoms. The van der Waals surface area contributed by atoms with Crippen molar-refractivity contribution in [3.05, 3.63) is 69.9 Å². The molecule has 0 bridgehead atoms. The minimum absolute atomic E-state index is 0.115. The third kappa shape index (κ3) is 4.63. The maximum Gasteiger partial charge on any atom is 0.225 e. The molecule has 0 radical (unpaired) electrons. The van der Waals surface area contributed by atoms with E-state index >= 15 is 0 Å². The van der Waals surface area contributed by atoms with Crippen molar-refractivity contribution in [2.75, 3.05) is 0 Å². The molecule has 0 fully saturated rings. The van der Waals surface area contributed by atoms with E-state index in [9.17, 15) is 4.79 Å². The number of amides is 1. The third-order valence-electron chi connectivity index (χ3n) is 5.08. The van der Waals surface area contributed by atoms with Gasteiger partial charge in [-0.25, -0.2) is 0 Å². The molecule has 1 aromatic carbocycles. The molecule has 1 atom stereocenters. The summed E-state index contributed by atoms with van der Waals surface area (Å²) in [5.74, 6) is 2.22. The quantitative estimate of drug-likeness (QED) is 0.714. The smallest absolute Gasteiger partial charge is 0.225 e. The number of carbonyl (C=O) groups is 1. The minimum atomic E-state index is 0.115. The van der Waals surface area contributed by atoms with Crippen molar-refractivity contribution in [3.8, 4) is 0 Å². The van der Waals surface area contributed by atoms with Crippen LogP contribution in [0.1, 0.15) is 34.9 Å². The molecule has 1 amide bonds. The van der Waals surface area contributed by atoms with Gasteiger partial charge in [-0.2, -0.15) is 0 Å². The van der Waals surface area contributed by atoms with E-state index in [1.165, 1.54) is 5.56 Å². The van der Waals surface area contributed by atoms with Gasteiger partial charge in [-0.15, -0.1) is 21.5 Å². The Labute approximate surface area is 163 Å². The molecule has 0 spiro atoms. The first-order valence-electron chi connectivity index (χ1n) is 9.54. The van der Waals surface area contributed by atoms with Gasteiger partial charge in [0, 0.05) is 30.3 Å². The lowest BCUT2D eigenvalue weighted by Crippen LogP contribution is -2.36. The van der Waals surface area contributed by atoms with Crippen LogP contribution in [0.25, 0.3) is 0 Å². The van der Waals surface area contributed by atoms with E-state index in [2.05, 4.69) is 44.3 Å². The molecule has 0 saturated carbocycles. The van der Waals surface area contributed by atoms with E-state index in [-0.39, 0.29) is 11.9 Å². The number of rotatable bonds is 6. The second-order valence-electron chi connectivity index (χ2n) is 7.02. The highest BCUT2D eigenvalue weighted by molar-refractivity contribution is 7.10. The molecule has 1 N–H and O–H groups in total. The van der Waals surface area contributed by atoms with Gasteiger partial charge in [-0.05, 0) is 36.3 Å². The number of nitrogens with one attached hydrogen (secondary N) is 1. The van der Waals surface area contributed by atoms with Crippen LogP contribution in [0.4, 0.5) is 0 Å². The van der Waals surface area contributed by atoms with Gasteiger partial charge < -0.3 is 9.88 Å². The number of benzene rings is 1. The third-order valence-corrected chi connectivity index (χ3v) is 5.96. The number of hydrogen-bond donors (Lipinski definition) is 1. The van der Waals surface area contributed by atoms with Crippen LogP contribution in [0.15, 0.2) is 47.8 Å². The summed E-state index contributed by atoms with van der Waals surface area (Å²) in [6.07, 6.45) is 5.06. The van der Waals surface area contributed by atoms with E-state index < -0.39 is 0 Å². The van der Waals surface area contributed by atoms with Crippen LogP contribution < -0.4 is 5.32 Å². The zero-order chi connectivity index (χ0) is 18.5. The van der Waals surface area contributed by atoms with E-state index in [1.807, 2.05) is 23.6 Å². The Kier molecular flexibility index (Phi) is 5.63. The fraction of sp³-hybridized carbons (Fsp3) is 0.381. The molecule has 3 heterocycles. The molecule has 3 aromatic rings. The average Bonchev–Trinajstić information content (AvgIpc) is 3.28. The van der Waals surface area contributed by atoms with Crippen LogP contribution in [0, 0.1) is 0 Å². The summed E-state index contributed by atoms with van der Waals surface area (Å²) in [7, 11) is 0. The summed E-state index contributed by atoms with van der Waals surface area (Å²) < 4.78 is 2.26. The zero-order valence-electron chi connectivity index (χ0n) is 15.3. The van der Waals surface area contributed by atoms with Gasteiger partial charge in [-0.3, -0.25) is 4.79 Å². The number of hydrogen-bond acceptors (Lipinski definition) is 4. The first kappa shape index (κ1) is 17.9. The Morgan fingerprint density at radius 3 is 2.81 bits per heavy atom. The average molecular weight is 381 g/mol. The fourth-order valence-corrected chi connectivity index (χ4v) is 4.33. The Hall–Kier alpha value is -2.47. The molecule has 2 aromatic heterocycles. The number of carbonyl (C=O) groups excluding carboxylic acids is 1. The van der Waals surface area contributed by atoms with Gasteiger partial charge in [0.2, 0.25) is 5.91 Å². The van der Waals surface area contributed by atoms with E-state index in [0.29, 0.717) is 6.42 Å². The molecule has 1 unspecified atom stereocenters. The van der Waals surface area contributed by atoms with Crippen molar-refractivity contribution in [1.82, 2.24) is 20.1 Å². The predicted molar refractivity (Wildman–Crippen MR) is 107 cm³/mol. The van der Waals surface area contributed by atoms with Crippen molar-refractivity contribution in [1.29, 1.82) is 0 Å². The normalized spacial score (nSPS) is 16.5. The van der Waals surface area contributed by atoms with Crippen molar-refractivity contribution in [2.45, 2.75) is 51.1 Å². The van der Waals surface area contributed by atoms with Gasteiger partial charge in [-0.1, -0.05) is 36.4 Å². The number of thiophene rings is 1. The molecule has 140 valence electrons. The highest BCUT2D eigenvalue weighted by Crippen LogP contribution is 2.17. The first-order valence-corrected chi connectivity index (χ1v) is 10.4. The fourth-order valence-electron chi connectivity index (χ4n) is 3.63. The Bertz CT molecular complexity index is 873. The summed E-state index contributed by atoms with van der Waals surface area (Å²) in [5.41, 5.74) is 1.32. The standard InChI is InChI=1S/C21H24N4OS/c26-21(15-18-7-4-14-27-18)22-17-9-11-20-24-23-19(25(20)13-12-17)10-8-16-5-2-1-3-6-16/h1-7,14,17H,8-13,15H2,(H,22,26). The summed E-state index contributed by atoms with van der Waals surface area (Å²) in [5, 5.41) is 14.0. The van der Waals surface area contributed by atoms with Crippen LogP contribution in [0.2, 0.25) is 0 Å². The number of nitrogens with zero attached hydrogens (tertiary/aromatic N) is 3. The molecule has 4 rings (SSSR count). The van der Waals surface area contributed by atoms with Crippen LogP contribution in [0.3, 0.4) is 0 Å². The van der Waals surface area contributed by atoms with E-state index in [1.54, 1.807) is 11.3 Å². The largest absolute Gasteiger partial charge is 0.353 e. The number of aryl methyl sites for hydroxylation is 3. The van der Waals surface area contributed by atoms with Crippen LogP contribution in [0.5, 0.6) is 0 Å². The summed E-state index contributed by atoms with van der Waals surface area (Å²) in [6, 6.07) is 14.7. The highest BCUT2D eigenvalue weighted by Gasteiger charge is 2.21. The monoisotopic (exact) mass is 380 g/mol. The summed E-state index contributed by atoms with van der Waals surface area (Å²) in [6.45, 7) is 0.871. The molecule has 0 saturated heterocycles. The van der Waals surface area contributed by atoms with Crippen molar-refractivity contribution in [3.63, 3.8) is 0 Å². The molecule has 5 nitrogen and oxygen atoms in total. The van der Waals surface area contributed by atoms with Crippen molar-refractivity contribution in [2.24, 2.45) is 0 Å². The maximum atomic E-state index is 12.3. The Balaban J connectivity index is 1.33. The van der Waals surface area contributed by atoms with Crippen molar-refractivity contribution < 1.29 is 4.79 Å².